The van der Waals surface area contributed by atoms with Gasteiger partial charge in [-0.1, -0.05) is 6.07 Å². The van der Waals surface area contributed by atoms with Crippen molar-refractivity contribution in [2.45, 2.75) is 25.3 Å². The third-order valence-electron chi connectivity index (χ3n) is 2.98. The third kappa shape index (κ3) is 3.42. The van der Waals surface area contributed by atoms with Crippen LogP contribution in [-0.2, 0) is 16.6 Å². The van der Waals surface area contributed by atoms with E-state index in [4.69, 9.17) is 0 Å². The molecule has 1 aromatic carbocycles. The molecule has 0 saturated carbocycles. The van der Waals surface area contributed by atoms with Gasteiger partial charge in [-0.2, -0.15) is 5.10 Å². The van der Waals surface area contributed by atoms with Gasteiger partial charge in [-0.05, 0) is 43.2 Å². The second kappa shape index (κ2) is 5.54. The third-order valence-corrected chi connectivity index (χ3v) is 4.44. The van der Waals surface area contributed by atoms with Gasteiger partial charge in [-0.15, -0.1) is 0 Å². The predicted octanol–water partition coefficient (Wildman–Crippen LogP) is 1.48. The molecule has 0 aliphatic rings. The average Bonchev–Trinajstić information content (AvgIpc) is 2.85. The van der Waals surface area contributed by atoms with E-state index in [0.29, 0.717) is 18.0 Å². The lowest BCUT2D eigenvalue weighted by Gasteiger charge is -2.08. The lowest BCUT2D eigenvalue weighted by molar-refractivity contribution is 0.561. The summed E-state index contributed by atoms with van der Waals surface area (Å²) in [6.07, 6.45) is 3.46. The number of aromatic nitrogens is 2. The van der Waals surface area contributed by atoms with Crippen molar-refractivity contribution in [3.8, 4) is 0 Å². The molecule has 1 N–H and O–H groups in total. The zero-order valence-corrected chi connectivity index (χ0v) is 11.8. The van der Waals surface area contributed by atoms with Gasteiger partial charge >= 0.3 is 0 Å². The maximum Gasteiger partial charge on any atom is 0.240 e. The molecule has 0 aliphatic carbocycles. The highest BCUT2D eigenvalue weighted by atomic mass is 32.2. The van der Waals surface area contributed by atoms with Gasteiger partial charge in [0.1, 0.15) is 0 Å². The number of aryl methyl sites for hydroxylation is 2. The minimum Gasteiger partial charge on any atom is -0.271 e. The summed E-state index contributed by atoms with van der Waals surface area (Å²) < 4.78 is 28.4. The SMILES string of the molecule is Cc1ccc(S(=O)(=O)NCCn2cccn2)cc1C. The summed E-state index contributed by atoms with van der Waals surface area (Å²) in [5, 5.41) is 4.02. The van der Waals surface area contributed by atoms with Gasteiger partial charge < -0.3 is 0 Å². The van der Waals surface area contributed by atoms with Crippen LogP contribution in [0, 0.1) is 13.8 Å². The standard InChI is InChI=1S/C13H17N3O2S/c1-11-4-5-13(10-12(11)2)19(17,18)15-7-9-16-8-3-6-14-16/h3-6,8,10,15H,7,9H2,1-2H3. The molecular formula is C13H17N3O2S. The molecule has 102 valence electrons. The summed E-state index contributed by atoms with van der Waals surface area (Å²) in [4.78, 5) is 0.302. The molecule has 0 saturated heterocycles. The molecule has 0 aliphatic heterocycles. The van der Waals surface area contributed by atoms with E-state index in [2.05, 4.69) is 9.82 Å². The summed E-state index contributed by atoms with van der Waals surface area (Å²) in [7, 11) is -3.44. The minimum atomic E-state index is -3.44. The van der Waals surface area contributed by atoms with Crippen molar-refractivity contribution in [3.63, 3.8) is 0 Å². The fourth-order valence-electron chi connectivity index (χ4n) is 1.69. The molecule has 0 unspecified atom stereocenters. The van der Waals surface area contributed by atoms with Crippen LogP contribution in [0.15, 0.2) is 41.6 Å². The number of benzene rings is 1. The van der Waals surface area contributed by atoms with Crippen molar-refractivity contribution in [3.05, 3.63) is 47.8 Å². The Bertz CT molecular complexity index is 649. The highest BCUT2D eigenvalue weighted by Gasteiger charge is 2.13. The van der Waals surface area contributed by atoms with Gasteiger partial charge in [-0.25, -0.2) is 13.1 Å². The van der Waals surface area contributed by atoms with Crippen LogP contribution in [0.5, 0.6) is 0 Å². The van der Waals surface area contributed by atoms with E-state index in [1.54, 1.807) is 35.3 Å². The van der Waals surface area contributed by atoms with E-state index in [9.17, 15) is 8.42 Å². The first-order valence-corrected chi connectivity index (χ1v) is 7.52. The summed E-state index contributed by atoms with van der Waals surface area (Å²) >= 11 is 0. The van der Waals surface area contributed by atoms with Gasteiger partial charge in [0.05, 0.1) is 11.4 Å². The molecule has 0 atom stereocenters. The molecule has 1 aromatic heterocycles. The zero-order valence-electron chi connectivity index (χ0n) is 11.0. The predicted molar refractivity (Wildman–Crippen MR) is 73.3 cm³/mol. The molecule has 2 aromatic rings. The molecular weight excluding hydrogens is 262 g/mol. The summed E-state index contributed by atoms with van der Waals surface area (Å²) in [6, 6.07) is 6.93. The quantitative estimate of drug-likeness (QED) is 0.901. The van der Waals surface area contributed by atoms with Crippen molar-refractivity contribution in [2.24, 2.45) is 0 Å². The molecule has 0 radical (unpaired) electrons. The van der Waals surface area contributed by atoms with Crippen molar-refractivity contribution in [2.75, 3.05) is 6.54 Å². The van der Waals surface area contributed by atoms with Crippen molar-refractivity contribution < 1.29 is 8.42 Å². The summed E-state index contributed by atoms with van der Waals surface area (Å²) in [5.74, 6) is 0. The molecule has 5 nitrogen and oxygen atoms in total. The van der Waals surface area contributed by atoms with Gasteiger partial charge in [-0.3, -0.25) is 4.68 Å². The highest BCUT2D eigenvalue weighted by Crippen LogP contribution is 2.14. The first kappa shape index (κ1) is 13.8. The normalized spacial score (nSPS) is 11.7. The lowest BCUT2D eigenvalue weighted by atomic mass is 10.1. The van der Waals surface area contributed by atoms with E-state index in [1.165, 1.54) is 0 Å². The molecule has 19 heavy (non-hydrogen) atoms. The molecule has 6 heteroatoms. The number of rotatable bonds is 5. The zero-order chi connectivity index (χ0) is 13.9. The number of sulfonamides is 1. The van der Waals surface area contributed by atoms with Crippen molar-refractivity contribution in [1.29, 1.82) is 0 Å². The van der Waals surface area contributed by atoms with Gasteiger partial charge in [0.15, 0.2) is 0 Å². The maximum absolute atomic E-state index is 12.1. The lowest BCUT2D eigenvalue weighted by Crippen LogP contribution is -2.27. The van der Waals surface area contributed by atoms with Crippen molar-refractivity contribution >= 4 is 10.0 Å². The number of nitrogens with zero attached hydrogens (tertiary/aromatic N) is 2. The van der Waals surface area contributed by atoms with Crippen LogP contribution in [0.2, 0.25) is 0 Å². The fraction of sp³-hybridized carbons (Fsp3) is 0.308. The van der Waals surface area contributed by atoms with Crippen LogP contribution in [0.4, 0.5) is 0 Å². The molecule has 0 spiro atoms. The number of nitrogens with one attached hydrogen (secondary N) is 1. The van der Waals surface area contributed by atoms with Gasteiger partial charge in [0.2, 0.25) is 10.0 Å². The largest absolute Gasteiger partial charge is 0.271 e. The Balaban J connectivity index is 2.03. The van der Waals surface area contributed by atoms with Crippen molar-refractivity contribution in [1.82, 2.24) is 14.5 Å². The Kier molecular flexibility index (Phi) is 4.01. The van der Waals surface area contributed by atoms with Crippen LogP contribution < -0.4 is 4.72 Å². The highest BCUT2D eigenvalue weighted by molar-refractivity contribution is 7.89. The van der Waals surface area contributed by atoms with E-state index >= 15 is 0 Å². The van der Waals surface area contributed by atoms with E-state index < -0.39 is 10.0 Å². The van der Waals surface area contributed by atoms with Crippen LogP contribution >= 0.6 is 0 Å². The number of hydrogen-bond donors (Lipinski definition) is 1. The Morgan fingerprint density at radius 1 is 1.26 bits per heavy atom. The second-order valence-corrected chi connectivity index (χ2v) is 6.18. The first-order valence-electron chi connectivity index (χ1n) is 6.03. The van der Waals surface area contributed by atoms with Crippen LogP contribution in [-0.4, -0.2) is 24.7 Å². The van der Waals surface area contributed by atoms with Gasteiger partial charge in [0.25, 0.3) is 0 Å². The molecule has 0 fully saturated rings. The Morgan fingerprint density at radius 2 is 2.05 bits per heavy atom. The fourth-order valence-corrected chi connectivity index (χ4v) is 2.80. The Hall–Kier alpha value is -1.66. The van der Waals surface area contributed by atoms with E-state index in [1.807, 2.05) is 19.9 Å². The molecule has 0 bridgehead atoms. The smallest absolute Gasteiger partial charge is 0.240 e. The van der Waals surface area contributed by atoms with Crippen LogP contribution in [0.1, 0.15) is 11.1 Å². The molecule has 0 amide bonds. The second-order valence-electron chi connectivity index (χ2n) is 4.41. The van der Waals surface area contributed by atoms with E-state index in [0.717, 1.165) is 11.1 Å². The Morgan fingerprint density at radius 3 is 2.68 bits per heavy atom. The van der Waals surface area contributed by atoms with Crippen LogP contribution in [0.3, 0.4) is 0 Å². The van der Waals surface area contributed by atoms with E-state index in [-0.39, 0.29) is 0 Å². The maximum atomic E-state index is 12.1. The summed E-state index contributed by atoms with van der Waals surface area (Å²) in [6.45, 7) is 4.68. The monoisotopic (exact) mass is 279 g/mol. The topological polar surface area (TPSA) is 64.0 Å². The average molecular weight is 279 g/mol. The minimum absolute atomic E-state index is 0.302. The molecule has 1 heterocycles. The van der Waals surface area contributed by atoms with Crippen LogP contribution in [0.25, 0.3) is 0 Å². The number of hydrogen-bond acceptors (Lipinski definition) is 3. The van der Waals surface area contributed by atoms with Gasteiger partial charge in [0, 0.05) is 18.9 Å². The Labute approximate surface area is 113 Å². The summed E-state index contributed by atoms with van der Waals surface area (Å²) in [5.41, 5.74) is 2.05. The first-order chi connectivity index (χ1) is 8.99. The molecule has 2 rings (SSSR count).